The maximum Gasteiger partial charge on any atom is 0.236 e. The molecule has 39 heavy (non-hydrogen) atoms. The summed E-state index contributed by atoms with van der Waals surface area (Å²) in [4.78, 5) is 13.7. The van der Waals surface area contributed by atoms with E-state index in [1.807, 2.05) is 44.2 Å². The number of sulfonamides is 1. The third kappa shape index (κ3) is 5.25. The van der Waals surface area contributed by atoms with Gasteiger partial charge >= 0.3 is 0 Å². The van der Waals surface area contributed by atoms with Crippen molar-refractivity contribution in [3.05, 3.63) is 83.3 Å². The minimum Gasteiger partial charge on any atom is -0.381 e. The number of aromatic nitrogens is 2. The Morgan fingerprint density at radius 1 is 1.13 bits per heavy atom. The summed E-state index contributed by atoms with van der Waals surface area (Å²) in [5.74, 6) is -0.164. The molecule has 2 fully saturated rings. The Bertz CT molecular complexity index is 1420. The van der Waals surface area contributed by atoms with Gasteiger partial charge in [-0.2, -0.15) is 9.40 Å². The number of carbonyl (C=O) groups is 1. The first kappa shape index (κ1) is 27.5. The van der Waals surface area contributed by atoms with Crippen molar-refractivity contribution < 1.29 is 22.3 Å². The van der Waals surface area contributed by atoms with Crippen LogP contribution in [0.25, 0.3) is 0 Å². The summed E-state index contributed by atoms with van der Waals surface area (Å²) in [6, 6.07) is 15.5. The van der Waals surface area contributed by atoms with E-state index in [4.69, 9.17) is 4.74 Å². The number of ether oxygens (including phenoxy) is 1. The summed E-state index contributed by atoms with van der Waals surface area (Å²) in [5.41, 5.74) is 0.629. The molecule has 0 unspecified atom stereocenters. The molecule has 0 saturated carbocycles. The summed E-state index contributed by atoms with van der Waals surface area (Å²) in [5, 5.41) is 6.55. The molecule has 2 aromatic carbocycles. The van der Waals surface area contributed by atoms with Gasteiger partial charge in [-0.05, 0) is 56.7 Å². The summed E-state index contributed by atoms with van der Waals surface area (Å²) >= 11 is 0. The van der Waals surface area contributed by atoms with Crippen LogP contribution in [0.2, 0.25) is 0 Å². The van der Waals surface area contributed by atoms with Crippen molar-refractivity contribution in [2.24, 2.45) is 0 Å². The molecule has 10 heteroatoms. The van der Waals surface area contributed by atoms with E-state index in [0.29, 0.717) is 56.8 Å². The maximum atomic E-state index is 15.7. The molecular weight excluding hydrogens is 519 g/mol. The van der Waals surface area contributed by atoms with Crippen LogP contribution in [0.5, 0.6) is 0 Å². The van der Waals surface area contributed by atoms with Gasteiger partial charge in [0.2, 0.25) is 15.9 Å². The van der Waals surface area contributed by atoms with Gasteiger partial charge in [0.15, 0.2) is 0 Å². The number of anilines is 1. The van der Waals surface area contributed by atoms with Crippen LogP contribution in [0.3, 0.4) is 0 Å². The second kappa shape index (κ2) is 11.2. The average molecular weight is 555 g/mol. The molecular formula is C29H35FN4O4S. The van der Waals surface area contributed by atoms with Gasteiger partial charge in [-0.1, -0.05) is 42.5 Å². The predicted octanol–water partition coefficient (Wildman–Crippen LogP) is 4.78. The second-order valence-electron chi connectivity index (χ2n) is 10.4. The zero-order valence-corrected chi connectivity index (χ0v) is 23.2. The Balaban J connectivity index is 1.42. The minimum atomic E-state index is -3.70. The summed E-state index contributed by atoms with van der Waals surface area (Å²) in [6.45, 7) is 5.12. The molecule has 0 spiro atoms. The topological polar surface area (TPSA) is 93.5 Å². The molecule has 208 valence electrons. The second-order valence-corrected chi connectivity index (χ2v) is 12.5. The molecule has 5 rings (SSSR count). The van der Waals surface area contributed by atoms with E-state index in [-0.39, 0.29) is 24.1 Å². The average Bonchev–Trinajstić information content (AvgIpc) is 3.39. The first-order chi connectivity index (χ1) is 18.8. The largest absolute Gasteiger partial charge is 0.381 e. The molecule has 0 bridgehead atoms. The molecule has 0 aliphatic carbocycles. The highest BCUT2D eigenvalue weighted by Gasteiger charge is 2.43. The molecule has 2 saturated heterocycles. The summed E-state index contributed by atoms with van der Waals surface area (Å²) in [7, 11) is -3.70. The Labute approximate surface area is 229 Å². The lowest BCUT2D eigenvalue weighted by molar-refractivity contribution is -0.125. The van der Waals surface area contributed by atoms with Crippen molar-refractivity contribution in [1.82, 2.24) is 14.1 Å². The third-order valence-corrected chi connectivity index (χ3v) is 10.5. The van der Waals surface area contributed by atoms with Crippen LogP contribution in [0.4, 0.5) is 10.2 Å². The van der Waals surface area contributed by atoms with Crippen LogP contribution in [-0.2, 0) is 38.1 Å². The number of hydrogen-bond acceptors (Lipinski definition) is 5. The fraction of sp³-hybridized carbons (Fsp3) is 0.448. The normalized spacial score (nSPS) is 22.8. The lowest BCUT2D eigenvalue weighted by atomic mass is 9.73. The Morgan fingerprint density at radius 2 is 1.87 bits per heavy atom. The van der Waals surface area contributed by atoms with E-state index in [0.717, 1.165) is 5.56 Å². The van der Waals surface area contributed by atoms with Crippen molar-refractivity contribution in [1.29, 1.82) is 0 Å². The molecule has 3 aromatic rings. The van der Waals surface area contributed by atoms with Crippen molar-refractivity contribution >= 4 is 21.7 Å². The smallest absolute Gasteiger partial charge is 0.236 e. The fourth-order valence-corrected chi connectivity index (χ4v) is 7.97. The van der Waals surface area contributed by atoms with Gasteiger partial charge in [-0.15, -0.1) is 0 Å². The molecule has 0 radical (unpaired) electrons. The zero-order chi connectivity index (χ0) is 27.6. The quantitative estimate of drug-likeness (QED) is 0.454. The minimum absolute atomic E-state index is 0.0586. The first-order valence-corrected chi connectivity index (χ1v) is 15.0. The number of carbonyl (C=O) groups excluding carboxylic acids is 1. The zero-order valence-electron chi connectivity index (χ0n) is 22.3. The van der Waals surface area contributed by atoms with E-state index in [9.17, 15) is 13.2 Å². The van der Waals surface area contributed by atoms with Crippen LogP contribution in [0.15, 0.2) is 60.8 Å². The number of halogens is 1. The van der Waals surface area contributed by atoms with Crippen molar-refractivity contribution in [2.45, 2.75) is 69.3 Å². The Kier molecular flexibility index (Phi) is 7.89. The molecule has 3 heterocycles. The number of hydrogen-bond donors (Lipinski definition) is 1. The lowest BCUT2D eigenvalue weighted by Crippen LogP contribution is -2.45. The summed E-state index contributed by atoms with van der Waals surface area (Å²) < 4.78 is 51.6. The predicted molar refractivity (Wildman–Crippen MR) is 147 cm³/mol. The van der Waals surface area contributed by atoms with Crippen molar-refractivity contribution in [3.63, 3.8) is 0 Å². The molecule has 2 aliphatic rings. The van der Waals surface area contributed by atoms with Crippen LogP contribution in [0.1, 0.15) is 61.5 Å². The van der Waals surface area contributed by atoms with E-state index in [1.165, 1.54) is 10.4 Å². The monoisotopic (exact) mass is 554 g/mol. The van der Waals surface area contributed by atoms with E-state index in [1.54, 1.807) is 29.1 Å². The van der Waals surface area contributed by atoms with Gasteiger partial charge in [0, 0.05) is 44.0 Å². The van der Waals surface area contributed by atoms with Gasteiger partial charge in [-0.25, -0.2) is 17.5 Å². The SMILES string of the molecule is CCn1nccc1NC(=O)C1(c2ccc(CN3[C@@H](C)CC[C@H](c4ccccc4)S3(=O)=O)c(F)c2)CCOCC1. The Morgan fingerprint density at radius 3 is 2.56 bits per heavy atom. The maximum absolute atomic E-state index is 15.7. The third-order valence-electron chi connectivity index (χ3n) is 8.17. The van der Waals surface area contributed by atoms with Gasteiger partial charge in [-0.3, -0.25) is 4.79 Å². The van der Waals surface area contributed by atoms with Crippen molar-refractivity contribution in [3.8, 4) is 0 Å². The van der Waals surface area contributed by atoms with Crippen LogP contribution >= 0.6 is 0 Å². The van der Waals surface area contributed by atoms with Crippen LogP contribution in [0, 0.1) is 5.82 Å². The molecule has 2 aliphatic heterocycles. The number of nitrogens with one attached hydrogen (secondary N) is 1. The van der Waals surface area contributed by atoms with Crippen LogP contribution in [-0.4, -0.2) is 47.7 Å². The molecule has 1 N–H and O–H groups in total. The van der Waals surface area contributed by atoms with Gasteiger partial charge in [0.25, 0.3) is 0 Å². The number of amides is 1. The number of rotatable bonds is 7. The molecule has 8 nitrogen and oxygen atoms in total. The van der Waals surface area contributed by atoms with Crippen molar-refractivity contribution in [2.75, 3.05) is 18.5 Å². The highest BCUT2D eigenvalue weighted by Crippen LogP contribution is 2.40. The lowest BCUT2D eigenvalue weighted by Gasteiger charge is -2.38. The van der Waals surface area contributed by atoms with E-state index < -0.39 is 26.5 Å². The van der Waals surface area contributed by atoms with Crippen LogP contribution < -0.4 is 5.32 Å². The van der Waals surface area contributed by atoms with E-state index >= 15 is 4.39 Å². The number of nitrogens with zero attached hydrogens (tertiary/aromatic N) is 3. The van der Waals surface area contributed by atoms with E-state index in [2.05, 4.69) is 10.4 Å². The standard InChI is InChI=1S/C29H35FN4O4S/c1-3-33-27(13-16-31-33)32-28(35)29(14-17-38-18-15-29)24-11-10-23(25(30)19-24)20-34-21(2)9-12-26(39(34,36)37)22-7-5-4-6-8-22/h4-8,10-11,13,16,19,21,26H,3,9,12,14-15,17-18,20H2,1-2H3,(H,32,35)/t21-,26+/m0/s1. The molecule has 1 amide bonds. The fourth-order valence-electron chi connectivity index (χ4n) is 5.79. The Hall–Kier alpha value is -3.08. The highest BCUT2D eigenvalue weighted by molar-refractivity contribution is 7.89. The molecule has 2 atom stereocenters. The van der Waals surface area contributed by atoms with Gasteiger partial charge in [0.05, 0.1) is 11.6 Å². The van der Waals surface area contributed by atoms with Gasteiger partial charge in [0.1, 0.15) is 16.9 Å². The number of aryl methyl sites for hydroxylation is 1. The highest BCUT2D eigenvalue weighted by atomic mass is 32.2. The number of benzene rings is 2. The molecule has 1 aromatic heterocycles. The summed E-state index contributed by atoms with van der Waals surface area (Å²) in [6.07, 6.45) is 3.67. The van der Waals surface area contributed by atoms with Gasteiger partial charge < -0.3 is 10.1 Å². The first-order valence-electron chi connectivity index (χ1n) is 13.5.